The number of benzene rings is 1. The van der Waals surface area contributed by atoms with Crippen molar-refractivity contribution in [1.82, 2.24) is 10.6 Å². The van der Waals surface area contributed by atoms with Crippen LogP contribution in [0.1, 0.15) is 25.3 Å². The molecule has 0 saturated carbocycles. The number of aliphatic hydroxyl groups is 1. The highest BCUT2D eigenvalue weighted by Crippen LogP contribution is 2.12. The van der Waals surface area contributed by atoms with Crippen molar-refractivity contribution in [3.05, 3.63) is 35.9 Å². The molecule has 3 N–H and O–H groups in total. The van der Waals surface area contributed by atoms with Gasteiger partial charge in [-0.1, -0.05) is 37.3 Å². The minimum atomic E-state index is -0.266. The molecular formula is C14H26Cl2N2O. The Morgan fingerprint density at radius 1 is 0.947 bits per heavy atom. The number of hydrogen-bond donors (Lipinski definition) is 3. The molecule has 0 bridgehead atoms. The minimum Gasteiger partial charge on any atom is -0.392 e. The van der Waals surface area contributed by atoms with Crippen LogP contribution in [0.25, 0.3) is 0 Å². The van der Waals surface area contributed by atoms with Crippen LogP contribution in [0.15, 0.2) is 30.3 Å². The topological polar surface area (TPSA) is 44.3 Å². The molecule has 0 fully saturated rings. The Bertz CT molecular complexity index is 297. The van der Waals surface area contributed by atoms with Gasteiger partial charge in [-0.2, -0.15) is 0 Å². The van der Waals surface area contributed by atoms with Gasteiger partial charge in [0.15, 0.2) is 0 Å². The molecule has 0 aliphatic heterocycles. The molecule has 0 aromatic heterocycles. The molecule has 1 aromatic rings. The first-order valence-corrected chi connectivity index (χ1v) is 6.34. The molecule has 1 rings (SSSR count). The Balaban J connectivity index is 0. The van der Waals surface area contributed by atoms with Gasteiger partial charge in [-0.25, -0.2) is 0 Å². The lowest BCUT2D eigenvalue weighted by Crippen LogP contribution is -2.33. The van der Waals surface area contributed by atoms with Gasteiger partial charge in [-0.15, -0.1) is 24.8 Å². The fraction of sp³-hybridized carbons (Fsp3) is 0.571. The van der Waals surface area contributed by atoms with E-state index in [2.05, 4.69) is 41.8 Å². The van der Waals surface area contributed by atoms with Crippen molar-refractivity contribution in [3.8, 4) is 0 Å². The van der Waals surface area contributed by atoms with Crippen LogP contribution in [-0.4, -0.2) is 37.4 Å². The van der Waals surface area contributed by atoms with Crippen molar-refractivity contribution in [3.63, 3.8) is 0 Å². The third-order valence-electron chi connectivity index (χ3n) is 2.74. The number of halogens is 2. The van der Waals surface area contributed by atoms with Crippen molar-refractivity contribution >= 4 is 24.8 Å². The van der Waals surface area contributed by atoms with E-state index in [1.54, 1.807) is 6.92 Å². The van der Waals surface area contributed by atoms with Gasteiger partial charge in [-0.3, -0.25) is 0 Å². The summed E-state index contributed by atoms with van der Waals surface area (Å²) >= 11 is 0. The van der Waals surface area contributed by atoms with E-state index in [0.29, 0.717) is 12.5 Å². The molecule has 0 heterocycles. The predicted molar refractivity (Wildman–Crippen MR) is 86.8 cm³/mol. The van der Waals surface area contributed by atoms with Gasteiger partial charge < -0.3 is 15.7 Å². The zero-order valence-corrected chi connectivity index (χ0v) is 13.3. The fourth-order valence-corrected chi connectivity index (χ4v) is 1.71. The normalized spacial score (nSPS) is 13.0. The van der Waals surface area contributed by atoms with E-state index in [0.717, 1.165) is 19.6 Å². The Morgan fingerprint density at radius 3 is 2.00 bits per heavy atom. The van der Waals surface area contributed by atoms with Gasteiger partial charge in [0.1, 0.15) is 0 Å². The summed E-state index contributed by atoms with van der Waals surface area (Å²) in [5.41, 5.74) is 1.37. The predicted octanol–water partition coefficient (Wildman–Crippen LogP) is 2.19. The van der Waals surface area contributed by atoms with E-state index in [4.69, 9.17) is 5.11 Å². The largest absolute Gasteiger partial charge is 0.392 e. The van der Waals surface area contributed by atoms with Gasteiger partial charge in [0.25, 0.3) is 0 Å². The molecule has 0 amide bonds. The van der Waals surface area contributed by atoms with Crippen LogP contribution in [0.3, 0.4) is 0 Å². The lowest BCUT2D eigenvalue weighted by molar-refractivity contribution is 0.191. The molecule has 0 aliphatic carbocycles. The molecule has 5 heteroatoms. The molecule has 1 aromatic carbocycles. The third-order valence-corrected chi connectivity index (χ3v) is 2.74. The summed E-state index contributed by atoms with van der Waals surface area (Å²) in [6.07, 6.45) is -0.266. The first-order valence-electron chi connectivity index (χ1n) is 6.34. The lowest BCUT2D eigenvalue weighted by atomic mass is 10.0. The summed E-state index contributed by atoms with van der Waals surface area (Å²) in [6, 6.07) is 10.5. The summed E-state index contributed by atoms with van der Waals surface area (Å²) in [5, 5.41) is 15.7. The number of rotatable bonds is 8. The second-order valence-corrected chi connectivity index (χ2v) is 4.57. The van der Waals surface area contributed by atoms with E-state index in [-0.39, 0.29) is 30.9 Å². The Hall–Kier alpha value is -0.320. The maximum Gasteiger partial charge on any atom is 0.0636 e. The summed E-state index contributed by atoms with van der Waals surface area (Å²) in [5.74, 6) is 0.535. The summed E-state index contributed by atoms with van der Waals surface area (Å²) < 4.78 is 0. The van der Waals surface area contributed by atoms with E-state index < -0.39 is 0 Å². The van der Waals surface area contributed by atoms with Gasteiger partial charge in [0.2, 0.25) is 0 Å². The molecule has 19 heavy (non-hydrogen) atoms. The van der Waals surface area contributed by atoms with Gasteiger partial charge in [0, 0.05) is 26.2 Å². The number of aliphatic hydroxyl groups excluding tert-OH is 1. The molecule has 0 saturated heterocycles. The Kier molecular flexibility index (Phi) is 14.0. The van der Waals surface area contributed by atoms with E-state index in [1.807, 2.05) is 6.07 Å². The van der Waals surface area contributed by atoms with Crippen LogP contribution in [0, 0.1) is 0 Å². The van der Waals surface area contributed by atoms with Crippen LogP contribution in [0.5, 0.6) is 0 Å². The lowest BCUT2D eigenvalue weighted by Gasteiger charge is -2.13. The number of nitrogens with one attached hydrogen (secondary N) is 2. The van der Waals surface area contributed by atoms with Crippen LogP contribution in [0.2, 0.25) is 0 Å². The first-order chi connectivity index (χ1) is 8.20. The Morgan fingerprint density at radius 2 is 1.47 bits per heavy atom. The summed E-state index contributed by atoms with van der Waals surface area (Å²) in [7, 11) is 0. The van der Waals surface area contributed by atoms with Crippen molar-refractivity contribution < 1.29 is 5.11 Å². The molecule has 0 spiro atoms. The maximum atomic E-state index is 9.06. The Labute approximate surface area is 129 Å². The molecule has 2 atom stereocenters. The van der Waals surface area contributed by atoms with E-state index in [1.165, 1.54) is 5.56 Å². The fourth-order valence-electron chi connectivity index (χ4n) is 1.71. The molecule has 0 radical (unpaired) electrons. The highest BCUT2D eigenvalue weighted by molar-refractivity contribution is 5.85. The van der Waals surface area contributed by atoms with Crippen LogP contribution < -0.4 is 10.6 Å². The van der Waals surface area contributed by atoms with Crippen molar-refractivity contribution in [2.45, 2.75) is 25.9 Å². The van der Waals surface area contributed by atoms with Crippen LogP contribution >= 0.6 is 24.8 Å². The highest BCUT2D eigenvalue weighted by atomic mass is 35.5. The second kappa shape index (κ2) is 12.7. The average Bonchev–Trinajstić information content (AvgIpc) is 2.34. The molecular weight excluding hydrogens is 283 g/mol. The zero-order valence-electron chi connectivity index (χ0n) is 11.6. The summed E-state index contributed by atoms with van der Waals surface area (Å²) in [6.45, 7) is 7.50. The average molecular weight is 309 g/mol. The smallest absolute Gasteiger partial charge is 0.0636 e. The maximum absolute atomic E-state index is 9.06. The third kappa shape index (κ3) is 10.2. The van der Waals surface area contributed by atoms with Gasteiger partial charge >= 0.3 is 0 Å². The van der Waals surface area contributed by atoms with Gasteiger partial charge in [0.05, 0.1) is 6.10 Å². The minimum absolute atomic E-state index is 0. The highest BCUT2D eigenvalue weighted by Gasteiger charge is 2.03. The van der Waals surface area contributed by atoms with Crippen LogP contribution in [0.4, 0.5) is 0 Å². The standard InChI is InChI=1S/C14H24N2O.2ClH/c1-12(14-6-4-3-5-7-14)10-15-8-9-16-11-13(2)17;;/h3-7,12-13,15-17H,8-11H2,1-2H3;2*1H. The molecule has 3 nitrogen and oxygen atoms in total. The zero-order chi connectivity index (χ0) is 12.5. The number of hydrogen-bond acceptors (Lipinski definition) is 3. The molecule has 2 unspecified atom stereocenters. The second-order valence-electron chi connectivity index (χ2n) is 4.57. The van der Waals surface area contributed by atoms with E-state index in [9.17, 15) is 0 Å². The first kappa shape index (κ1) is 21.0. The monoisotopic (exact) mass is 308 g/mol. The van der Waals surface area contributed by atoms with Gasteiger partial charge in [-0.05, 0) is 18.4 Å². The van der Waals surface area contributed by atoms with Crippen molar-refractivity contribution in [2.75, 3.05) is 26.2 Å². The molecule has 112 valence electrons. The van der Waals surface area contributed by atoms with Crippen molar-refractivity contribution in [2.24, 2.45) is 0 Å². The SMILES string of the molecule is CC(O)CNCCNCC(C)c1ccccc1.Cl.Cl. The van der Waals surface area contributed by atoms with Crippen molar-refractivity contribution in [1.29, 1.82) is 0 Å². The van der Waals surface area contributed by atoms with E-state index >= 15 is 0 Å². The summed E-state index contributed by atoms with van der Waals surface area (Å²) in [4.78, 5) is 0. The quantitative estimate of drug-likeness (QED) is 0.645. The molecule has 0 aliphatic rings. The van der Waals surface area contributed by atoms with Crippen LogP contribution in [-0.2, 0) is 0 Å².